The van der Waals surface area contributed by atoms with Crippen LogP contribution in [0.5, 0.6) is 0 Å². The van der Waals surface area contributed by atoms with Gasteiger partial charge in [0.25, 0.3) is 5.69 Å². The van der Waals surface area contributed by atoms with Crippen molar-refractivity contribution in [2.45, 2.75) is 25.8 Å². The molecule has 0 spiro atoms. The number of nitrogens with one attached hydrogen (secondary N) is 1. The molecule has 0 bridgehead atoms. The largest absolute Gasteiger partial charge is 0.397 e. The van der Waals surface area contributed by atoms with Crippen LogP contribution in [0.2, 0.25) is 0 Å². The predicted octanol–water partition coefficient (Wildman–Crippen LogP) is 4.25. The van der Waals surface area contributed by atoms with Gasteiger partial charge in [0.15, 0.2) is 0 Å². The Balaban J connectivity index is 1.32. The molecule has 9 nitrogen and oxygen atoms in total. The first-order chi connectivity index (χ1) is 16.5. The Kier molecular flexibility index (Phi) is 6.92. The van der Waals surface area contributed by atoms with Crippen molar-refractivity contribution in [2.75, 3.05) is 11.1 Å². The number of hydrogen-bond acceptors (Lipinski definition) is 6. The number of para-hydroxylation sites is 1. The van der Waals surface area contributed by atoms with Gasteiger partial charge in [-0.3, -0.25) is 19.6 Å². The fourth-order valence-corrected chi connectivity index (χ4v) is 3.63. The van der Waals surface area contributed by atoms with E-state index in [1.54, 1.807) is 35.1 Å². The zero-order chi connectivity index (χ0) is 23.9. The number of aryl methyl sites for hydroxylation is 3. The number of benzene rings is 3. The zero-order valence-corrected chi connectivity index (χ0v) is 18.4. The molecular formula is C25H24N6O3. The third kappa shape index (κ3) is 5.63. The van der Waals surface area contributed by atoms with Crippen LogP contribution in [-0.4, -0.2) is 25.8 Å². The Labute approximate surface area is 196 Å². The maximum Gasteiger partial charge on any atom is 0.272 e. The van der Waals surface area contributed by atoms with Crippen molar-refractivity contribution in [1.29, 1.82) is 0 Å². The second-order valence-electron chi connectivity index (χ2n) is 7.83. The molecule has 3 aromatic carbocycles. The van der Waals surface area contributed by atoms with E-state index in [2.05, 4.69) is 15.6 Å². The molecule has 0 aliphatic carbocycles. The van der Waals surface area contributed by atoms with Crippen molar-refractivity contribution in [1.82, 2.24) is 15.0 Å². The molecule has 34 heavy (non-hydrogen) atoms. The molecule has 0 radical (unpaired) electrons. The Hall–Kier alpha value is -4.53. The zero-order valence-electron chi connectivity index (χ0n) is 18.4. The average Bonchev–Trinajstić information content (AvgIpc) is 3.31. The SMILES string of the molecule is Nc1ccc(-c2ccccc2)cc1NC(=O)CCc1cn(CCc2ccccc2[N+](=O)[O-])nn1. The van der Waals surface area contributed by atoms with E-state index < -0.39 is 0 Å². The lowest BCUT2D eigenvalue weighted by Gasteiger charge is -2.10. The van der Waals surface area contributed by atoms with Crippen LogP contribution in [0.1, 0.15) is 17.7 Å². The minimum Gasteiger partial charge on any atom is -0.397 e. The number of nitrogen functional groups attached to an aromatic ring is 1. The highest BCUT2D eigenvalue weighted by Crippen LogP contribution is 2.27. The number of nitro groups is 1. The molecule has 4 aromatic rings. The lowest BCUT2D eigenvalue weighted by atomic mass is 10.0. The molecule has 4 rings (SSSR count). The van der Waals surface area contributed by atoms with Gasteiger partial charge in [0.05, 0.1) is 22.0 Å². The standard InChI is InChI=1S/C25H24N6O3/c26-22-12-10-20(18-6-2-1-3-7-18)16-23(22)27-25(32)13-11-21-17-30(29-28-21)15-14-19-8-4-5-9-24(19)31(33)34/h1-10,12,16-17H,11,13-15,26H2,(H,27,32). The maximum absolute atomic E-state index is 12.5. The predicted molar refractivity (Wildman–Crippen MR) is 130 cm³/mol. The fraction of sp³-hybridized carbons (Fsp3) is 0.160. The van der Waals surface area contributed by atoms with Gasteiger partial charge in [0, 0.05) is 37.2 Å². The Morgan fingerprint density at radius 1 is 1.00 bits per heavy atom. The first kappa shape index (κ1) is 22.7. The molecule has 0 aliphatic rings. The summed E-state index contributed by atoms with van der Waals surface area (Å²) in [5, 5.41) is 22.2. The van der Waals surface area contributed by atoms with Crippen molar-refractivity contribution >= 4 is 23.0 Å². The number of rotatable bonds is 9. The Morgan fingerprint density at radius 2 is 1.76 bits per heavy atom. The third-order valence-corrected chi connectivity index (χ3v) is 5.43. The van der Waals surface area contributed by atoms with Crippen LogP contribution in [0, 0.1) is 10.1 Å². The number of anilines is 2. The number of carbonyl (C=O) groups excluding carboxylic acids is 1. The van der Waals surface area contributed by atoms with Crippen molar-refractivity contribution in [2.24, 2.45) is 0 Å². The van der Waals surface area contributed by atoms with Crippen LogP contribution >= 0.6 is 0 Å². The van der Waals surface area contributed by atoms with Gasteiger partial charge in [-0.05, 0) is 29.7 Å². The van der Waals surface area contributed by atoms with E-state index >= 15 is 0 Å². The highest BCUT2D eigenvalue weighted by molar-refractivity contribution is 5.95. The minimum absolute atomic E-state index is 0.0927. The first-order valence-corrected chi connectivity index (χ1v) is 10.9. The highest BCUT2D eigenvalue weighted by atomic mass is 16.6. The molecule has 0 fully saturated rings. The van der Waals surface area contributed by atoms with Gasteiger partial charge in [-0.2, -0.15) is 0 Å². The van der Waals surface area contributed by atoms with E-state index in [9.17, 15) is 14.9 Å². The summed E-state index contributed by atoms with van der Waals surface area (Å²) in [6, 6.07) is 22.1. The Bertz CT molecular complexity index is 1300. The topological polar surface area (TPSA) is 129 Å². The molecule has 172 valence electrons. The molecule has 0 atom stereocenters. The van der Waals surface area contributed by atoms with E-state index in [-0.39, 0.29) is 22.9 Å². The van der Waals surface area contributed by atoms with E-state index in [0.717, 1.165) is 11.1 Å². The summed E-state index contributed by atoms with van der Waals surface area (Å²) >= 11 is 0. The van der Waals surface area contributed by atoms with Gasteiger partial charge in [-0.15, -0.1) is 5.10 Å². The van der Waals surface area contributed by atoms with E-state index in [4.69, 9.17) is 5.73 Å². The van der Waals surface area contributed by atoms with Crippen molar-refractivity contribution in [3.63, 3.8) is 0 Å². The van der Waals surface area contributed by atoms with Gasteiger partial charge in [0.1, 0.15) is 0 Å². The second kappa shape index (κ2) is 10.4. The number of amides is 1. The van der Waals surface area contributed by atoms with Crippen LogP contribution in [0.4, 0.5) is 17.1 Å². The smallest absolute Gasteiger partial charge is 0.272 e. The number of nitrogens with zero attached hydrogens (tertiary/aromatic N) is 4. The van der Waals surface area contributed by atoms with Crippen molar-refractivity contribution < 1.29 is 9.72 Å². The van der Waals surface area contributed by atoms with E-state index in [1.807, 2.05) is 42.5 Å². The van der Waals surface area contributed by atoms with Crippen molar-refractivity contribution in [3.05, 3.63) is 100 Å². The van der Waals surface area contributed by atoms with Crippen LogP contribution in [-0.2, 0) is 24.2 Å². The van der Waals surface area contributed by atoms with E-state index in [1.165, 1.54) is 6.07 Å². The molecule has 0 saturated heterocycles. The number of nitro benzene ring substituents is 1. The van der Waals surface area contributed by atoms with Gasteiger partial charge in [-0.25, -0.2) is 0 Å². The second-order valence-corrected chi connectivity index (χ2v) is 7.83. The minimum atomic E-state index is -0.386. The normalized spacial score (nSPS) is 10.7. The van der Waals surface area contributed by atoms with Crippen LogP contribution in [0.15, 0.2) is 79.0 Å². The average molecular weight is 457 g/mol. The van der Waals surface area contributed by atoms with Gasteiger partial charge in [0.2, 0.25) is 5.91 Å². The van der Waals surface area contributed by atoms with Crippen LogP contribution in [0.3, 0.4) is 0 Å². The molecule has 0 aliphatic heterocycles. The lowest BCUT2D eigenvalue weighted by Crippen LogP contribution is -2.13. The summed E-state index contributed by atoms with van der Waals surface area (Å²) in [5.74, 6) is -0.175. The Morgan fingerprint density at radius 3 is 2.56 bits per heavy atom. The third-order valence-electron chi connectivity index (χ3n) is 5.43. The molecule has 1 aromatic heterocycles. The number of aromatic nitrogens is 3. The summed E-state index contributed by atoms with van der Waals surface area (Å²) < 4.78 is 1.63. The number of nitrogens with two attached hydrogens (primary N) is 1. The summed E-state index contributed by atoms with van der Waals surface area (Å²) in [5.41, 5.74) is 10.5. The molecule has 0 saturated carbocycles. The van der Waals surface area contributed by atoms with E-state index in [0.29, 0.717) is 42.0 Å². The number of hydrogen-bond donors (Lipinski definition) is 2. The number of carbonyl (C=O) groups is 1. The quantitative estimate of drug-likeness (QED) is 0.220. The van der Waals surface area contributed by atoms with Gasteiger partial charge in [-0.1, -0.05) is 59.8 Å². The summed E-state index contributed by atoms with van der Waals surface area (Å²) in [6.45, 7) is 0.451. The summed E-state index contributed by atoms with van der Waals surface area (Å²) in [4.78, 5) is 23.3. The lowest BCUT2D eigenvalue weighted by molar-refractivity contribution is -0.385. The van der Waals surface area contributed by atoms with Crippen molar-refractivity contribution in [3.8, 4) is 11.1 Å². The molecule has 1 amide bonds. The fourth-order valence-electron chi connectivity index (χ4n) is 3.63. The van der Waals surface area contributed by atoms with Gasteiger partial charge < -0.3 is 11.1 Å². The highest BCUT2D eigenvalue weighted by Gasteiger charge is 2.13. The first-order valence-electron chi connectivity index (χ1n) is 10.9. The molecular weight excluding hydrogens is 432 g/mol. The summed E-state index contributed by atoms with van der Waals surface area (Å²) in [6.07, 6.45) is 2.84. The van der Waals surface area contributed by atoms with Crippen LogP contribution < -0.4 is 11.1 Å². The van der Waals surface area contributed by atoms with Gasteiger partial charge >= 0.3 is 0 Å². The maximum atomic E-state index is 12.5. The molecule has 0 unspecified atom stereocenters. The summed E-state index contributed by atoms with van der Waals surface area (Å²) in [7, 11) is 0. The molecule has 3 N–H and O–H groups in total. The van der Waals surface area contributed by atoms with Crippen LogP contribution in [0.25, 0.3) is 11.1 Å². The monoisotopic (exact) mass is 456 g/mol. The molecule has 1 heterocycles. The molecule has 9 heteroatoms.